The van der Waals surface area contributed by atoms with Crippen LogP contribution in [0.25, 0.3) is 22.2 Å². The summed E-state index contributed by atoms with van der Waals surface area (Å²) in [7, 11) is 0. The van der Waals surface area contributed by atoms with Crippen LogP contribution in [0.2, 0.25) is 0 Å². The van der Waals surface area contributed by atoms with Crippen molar-refractivity contribution in [3.05, 3.63) is 107 Å². The normalized spacial score (nSPS) is 14.0. The zero-order valence-corrected chi connectivity index (χ0v) is 27.9. The number of hydrogen-bond donors (Lipinski definition) is 1. The minimum Gasteiger partial charge on any atom is -0.505 e. The summed E-state index contributed by atoms with van der Waals surface area (Å²) in [5.74, 6) is 1.30. The van der Waals surface area contributed by atoms with Gasteiger partial charge in [0.25, 0.3) is 0 Å². The third kappa shape index (κ3) is 4.84. The van der Waals surface area contributed by atoms with Crippen LogP contribution in [0.15, 0.2) is 72.9 Å². The fourth-order valence-electron chi connectivity index (χ4n) is 6.11. The maximum atomic E-state index is 11.4. The number of phenols is 1. The molecule has 5 heteroatoms. The summed E-state index contributed by atoms with van der Waals surface area (Å²) >= 11 is 0. The number of pyridine rings is 2. The molecule has 0 aliphatic carbocycles. The van der Waals surface area contributed by atoms with Gasteiger partial charge in [-0.3, -0.25) is 4.98 Å². The van der Waals surface area contributed by atoms with Crippen molar-refractivity contribution in [3.8, 4) is 17.0 Å². The molecule has 3 aromatic carbocycles. The van der Waals surface area contributed by atoms with E-state index in [0.29, 0.717) is 5.52 Å². The van der Waals surface area contributed by atoms with E-state index in [1.807, 2.05) is 6.20 Å². The molecule has 0 fully saturated rings. The molecule has 0 radical (unpaired) electrons. The maximum Gasteiger partial charge on any atom is 0.144 e. The summed E-state index contributed by atoms with van der Waals surface area (Å²) < 4.78 is 0. The number of hydrogen-bond acceptors (Lipinski definition) is 4. The molecule has 1 aliphatic rings. The molecule has 0 bridgehead atoms. The Morgan fingerprint density at radius 2 is 1.67 bits per heavy atom. The van der Waals surface area contributed by atoms with Crippen LogP contribution in [0.4, 0.5) is 17.2 Å². The van der Waals surface area contributed by atoms with Gasteiger partial charge in [0.2, 0.25) is 0 Å². The van der Waals surface area contributed by atoms with E-state index in [4.69, 9.17) is 9.97 Å². The van der Waals surface area contributed by atoms with E-state index in [-0.39, 0.29) is 43.6 Å². The van der Waals surface area contributed by atoms with Crippen molar-refractivity contribution in [2.24, 2.45) is 0 Å². The van der Waals surface area contributed by atoms with Crippen LogP contribution in [-0.2, 0) is 31.9 Å². The number of rotatable bonds is 3. The van der Waals surface area contributed by atoms with Gasteiger partial charge in [-0.05, 0) is 69.4 Å². The first-order valence-electron chi connectivity index (χ1n) is 14.4. The van der Waals surface area contributed by atoms with Gasteiger partial charge < -0.3 is 10.0 Å². The summed E-state index contributed by atoms with van der Waals surface area (Å²) in [6.07, 6.45) is 1.91. The van der Waals surface area contributed by atoms with E-state index in [9.17, 15) is 5.11 Å². The molecule has 1 N–H and O–H groups in total. The molecule has 0 saturated heterocycles. The van der Waals surface area contributed by atoms with Crippen LogP contribution in [0.5, 0.6) is 5.75 Å². The molecular weight excluding hydrogens is 698 g/mol. The first-order chi connectivity index (χ1) is 19.4. The average molecular weight is 736 g/mol. The minimum absolute atomic E-state index is 0. The van der Waals surface area contributed by atoms with Gasteiger partial charge >= 0.3 is 0 Å². The fourth-order valence-corrected chi connectivity index (χ4v) is 6.11. The molecule has 2 aromatic heterocycles. The average Bonchev–Trinajstić information content (AvgIpc) is 2.93. The molecule has 218 valence electrons. The Morgan fingerprint density at radius 1 is 0.929 bits per heavy atom. The van der Waals surface area contributed by atoms with Crippen molar-refractivity contribution >= 4 is 28.1 Å². The topological polar surface area (TPSA) is 49.2 Å². The smallest absolute Gasteiger partial charge is 0.144 e. The van der Waals surface area contributed by atoms with Crippen molar-refractivity contribution in [1.82, 2.24) is 9.97 Å². The molecule has 3 heterocycles. The first-order valence-corrected chi connectivity index (χ1v) is 14.4. The van der Waals surface area contributed by atoms with E-state index < -0.39 is 0 Å². The zero-order valence-electron chi connectivity index (χ0n) is 25.6. The minimum atomic E-state index is -0.217. The van der Waals surface area contributed by atoms with Crippen LogP contribution in [0, 0.1) is 13.0 Å². The number of aromatic nitrogens is 2. The molecule has 4 nitrogen and oxygen atoms in total. The second-order valence-electron chi connectivity index (χ2n) is 13.2. The van der Waals surface area contributed by atoms with Crippen LogP contribution in [-0.4, -0.2) is 15.1 Å². The summed E-state index contributed by atoms with van der Waals surface area (Å²) in [6.45, 7) is 17.4. The fraction of sp³-hybridized carbons (Fsp3) is 0.297. The van der Waals surface area contributed by atoms with Crippen molar-refractivity contribution in [3.63, 3.8) is 0 Å². The van der Waals surface area contributed by atoms with Gasteiger partial charge in [0.15, 0.2) is 0 Å². The van der Waals surface area contributed by atoms with Gasteiger partial charge in [0, 0.05) is 38.3 Å². The number of fused-ring (bicyclic) bond motifs is 3. The van der Waals surface area contributed by atoms with Gasteiger partial charge in [0.1, 0.15) is 17.1 Å². The van der Waals surface area contributed by atoms with Crippen molar-refractivity contribution in [2.45, 2.75) is 72.1 Å². The van der Waals surface area contributed by atoms with E-state index in [1.165, 1.54) is 16.7 Å². The van der Waals surface area contributed by atoms with Crippen molar-refractivity contribution in [2.75, 3.05) is 4.90 Å². The van der Waals surface area contributed by atoms with Crippen molar-refractivity contribution in [1.29, 1.82) is 0 Å². The summed E-state index contributed by atoms with van der Waals surface area (Å²) in [6, 6.07) is 27.1. The Morgan fingerprint density at radius 3 is 2.33 bits per heavy atom. The molecule has 0 unspecified atom stereocenters. The quantitative estimate of drug-likeness (QED) is 0.188. The largest absolute Gasteiger partial charge is 0.505 e. The summed E-state index contributed by atoms with van der Waals surface area (Å²) in [5.41, 5.74) is 9.75. The predicted molar refractivity (Wildman–Crippen MR) is 170 cm³/mol. The van der Waals surface area contributed by atoms with E-state index >= 15 is 0 Å². The number of benzene rings is 3. The van der Waals surface area contributed by atoms with Crippen molar-refractivity contribution < 1.29 is 26.2 Å². The predicted octanol–water partition coefficient (Wildman–Crippen LogP) is 9.64. The number of aromatic hydroxyl groups is 1. The van der Waals surface area contributed by atoms with E-state index in [1.54, 1.807) is 0 Å². The summed E-state index contributed by atoms with van der Waals surface area (Å²) in [4.78, 5) is 12.1. The Bertz CT molecular complexity index is 1800. The zero-order chi connectivity index (χ0) is 29.3. The third-order valence-electron chi connectivity index (χ3n) is 8.45. The molecule has 0 saturated carbocycles. The molecule has 0 atom stereocenters. The SMILES string of the molecule is Cc1ccc(N2c3[c-]c(-c4ccc5c(C(C)(C)C)cc(C(C)C)c(O)c5n4)ccc3C(C)(C)c3ccccc32)nc1.[Pt]. The van der Waals surface area contributed by atoms with Gasteiger partial charge in [-0.2, -0.15) is 0 Å². The van der Waals surface area contributed by atoms with Crippen LogP contribution in [0.1, 0.15) is 82.2 Å². The Labute approximate surface area is 264 Å². The number of phenolic OH excluding ortho intramolecular Hbond substituents is 1. The van der Waals surface area contributed by atoms with Gasteiger partial charge in [-0.25, -0.2) is 4.98 Å². The Balaban J connectivity index is 0.00000353. The number of anilines is 3. The van der Waals surface area contributed by atoms with Crippen LogP contribution >= 0.6 is 0 Å². The standard InChI is InChI=1S/C37H38N3O.Pt/c1-22(2)26-20-29(36(4,5)6)25-15-17-30(39-34(25)35(26)41)24-14-16-28-32(19-24)40(33-18-13-23(3)21-38-33)31-12-10-9-11-27(31)37(28,7)8;/h9-18,20-22,41H,1-8H3;/q-1;. The molecule has 1 aliphatic heterocycles. The Hall–Kier alpha value is -3.49. The van der Waals surface area contributed by atoms with Crippen LogP contribution < -0.4 is 4.90 Å². The molecule has 6 rings (SSSR count). The third-order valence-corrected chi connectivity index (χ3v) is 8.45. The summed E-state index contributed by atoms with van der Waals surface area (Å²) in [5, 5.41) is 12.4. The molecule has 5 aromatic rings. The van der Waals surface area contributed by atoms with E-state index in [0.717, 1.165) is 45.0 Å². The van der Waals surface area contributed by atoms with Gasteiger partial charge in [-0.15, -0.1) is 23.8 Å². The number of aryl methyl sites for hydroxylation is 1. The van der Waals surface area contributed by atoms with Gasteiger partial charge in [-0.1, -0.05) is 96.5 Å². The number of nitrogens with zero attached hydrogens (tertiary/aromatic N) is 3. The van der Waals surface area contributed by atoms with Crippen LogP contribution in [0.3, 0.4) is 0 Å². The van der Waals surface area contributed by atoms with E-state index in [2.05, 4.69) is 133 Å². The molecular formula is C37H38N3OPt-. The molecule has 0 spiro atoms. The number of para-hydroxylation sites is 1. The molecule has 0 amide bonds. The Kier molecular flexibility index (Phi) is 7.60. The maximum absolute atomic E-state index is 11.4. The second kappa shape index (κ2) is 10.7. The second-order valence-corrected chi connectivity index (χ2v) is 13.2. The first kappa shape index (κ1) is 30.0. The molecule has 42 heavy (non-hydrogen) atoms. The van der Waals surface area contributed by atoms with Gasteiger partial charge in [0.05, 0.1) is 0 Å². The monoisotopic (exact) mass is 735 g/mol.